The van der Waals surface area contributed by atoms with Crippen LogP contribution in [0.1, 0.15) is 32.1 Å². The summed E-state index contributed by atoms with van der Waals surface area (Å²) in [5.74, 6) is 1.53. The van der Waals surface area contributed by atoms with Crippen LogP contribution >= 0.6 is 0 Å². The predicted octanol–water partition coefficient (Wildman–Crippen LogP) is 2.47. The van der Waals surface area contributed by atoms with Gasteiger partial charge >= 0.3 is 0 Å². The van der Waals surface area contributed by atoms with Crippen molar-refractivity contribution < 1.29 is 4.79 Å². The fourth-order valence-corrected chi connectivity index (χ4v) is 2.76. The van der Waals surface area contributed by atoms with Gasteiger partial charge in [-0.3, -0.25) is 4.79 Å². The second-order valence-corrected chi connectivity index (χ2v) is 6.43. The standard InChI is InChI=1S/C18H26N4O/c23-17(19-13-15-9-10-15)14-20-18(22-11-5-2-6-12-22)21-16-7-3-1-4-8-16/h1,3-4,7-8,15H,2,5-6,9-14H2,(H,19,23)(H,20,21). The van der Waals surface area contributed by atoms with E-state index in [0.717, 1.165) is 31.3 Å². The Morgan fingerprint density at radius 2 is 1.87 bits per heavy atom. The highest BCUT2D eigenvalue weighted by atomic mass is 16.1. The van der Waals surface area contributed by atoms with Crippen molar-refractivity contribution in [2.45, 2.75) is 32.1 Å². The van der Waals surface area contributed by atoms with Crippen LogP contribution in [0.5, 0.6) is 0 Å². The first-order valence-corrected chi connectivity index (χ1v) is 8.69. The number of nitrogens with zero attached hydrogens (tertiary/aromatic N) is 2. The summed E-state index contributed by atoms with van der Waals surface area (Å²) in [6, 6.07) is 10.0. The Bertz CT molecular complexity index is 533. The second kappa shape index (κ2) is 7.99. The lowest BCUT2D eigenvalue weighted by molar-refractivity contribution is -0.119. The average molecular weight is 314 g/mol. The zero-order valence-electron chi connectivity index (χ0n) is 13.6. The van der Waals surface area contributed by atoms with E-state index in [0.29, 0.717) is 5.92 Å². The molecule has 1 saturated heterocycles. The van der Waals surface area contributed by atoms with Gasteiger partial charge in [-0.1, -0.05) is 18.2 Å². The van der Waals surface area contributed by atoms with Gasteiger partial charge in [0, 0.05) is 25.3 Å². The molecule has 0 radical (unpaired) electrons. The minimum absolute atomic E-state index is 0.0151. The van der Waals surface area contributed by atoms with Crippen molar-refractivity contribution in [2.75, 3.05) is 31.5 Å². The zero-order chi connectivity index (χ0) is 15.9. The number of anilines is 1. The molecule has 23 heavy (non-hydrogen) atoms. The lowest BCUT2D eigenvalue weighted by Gasteiger charge is -2.30. The molecular weight excluding hydrogens is 288 g/mol. The lowest BCUT2D eigenvalue weighted by Crippen LogP contribution is -2.41. The number of piperidine rings is 1. The number of guanidine groups is 1. The third-order valence-electron chi connectivity index (χ3n) is 4.34. The van der Waals surface area contributed by atoms with E-state index in [4.69, 9.17) is 0 Å². The number of para-hydroxylation sites is 1. The number of nitrogens with one attached hydrogen (secondary N) is 2. The van der Waals surface area contributed by atoms with Gasteiger partial charge < -0.3 is 15.5 Å². The van der Waals surface area contributed by atoms with E-state index in [1.807, 2.05) is 30.3 Å². The molecule has 1 aliphatic carbocycles. The van der Waals surface area contributed by atoms with Crippen molar-refractivity contribution in [3.05, 3.63) is 30.3 Å². The van der Waals surface area contributed by atoms with Crippen LogP contribution in [0.15, 0.2) is 35.3 Å². The number of hydrogen-bond acceptors (Lipinski definition) is 2. The van der Waals surface area contributed by atoms with Gasteiger partial charge in [0.2, 0.25) is 5.91 Å². The van der Waals surface area contributed by atoms with Crippen LogP contribution in [0.4, 0.5) is 5.69 Å². The minimum atomic E-state index is 0.0151. The first kappa shape index (κ1) is 15.8. The van der Waals surface area contributed by atoms with Crippen molar-refractivity contribution in [1.29, 1.82) is 0 Å². The Labute approximate surface area is 138 Å². The van der Waals surface area contributed by atoms with Crippen LogP contribution < -0.4 is 10.6 Å². The van der Waals surface area contributed by atoms with E-state index in [2.05, 4.69) is 20.5 Å². The Morgan fingerprint density at radius 3 is 2.57 bits per heavy atom. The number of carbonyl (C=O) groups is 1. The first-order valence-electron chi connectivity index (χ1n) is 8.69. The van der Waals surface area contributed by atoms with Crippen molar-refractivity contribution in [1.82, 2.24) is 10.2 Å². The third-order valence-corrected chi connectivity index (χ3v) is 4.34. The maximum Gasteiger partial charge on any atom is 0.241 e. The molecular formula is C18H26N4O. The molecule has 3 rings (SSSR count). The van der Waals surface area contributed by atoms with Crippen LogP contribution in [0.3, 0.4) is 0 Å². The number of aliphatic imine (C=N–C) groups is 1. The Balaban J connectivity index is 1.60. The summed E-state index contributed by atoms with van der Waals surface area (Å²) >= 11 is 0. The molecule has 1 aliphatic heterocycles. The number of benzene rings is 1. The summed E-state index contributed by atoms with van der Waals surface area (Å²) in [6.45, 7) is 3.00. The maximum absolute atomic E-state index is 12.0. The van der Waals surface area contributed by atoms with E-state index in [-0.39, 0.29) is 12.5 Å². The third kappa shape index (κ3) is 5.27. The summed E-state index contributed by atoms with van der Waals surface area (Å²) in [5.41, 5.74) is 1.01. The van der Waals surface area contributed by atoms with Gasteiger partial charge in [0.05, 0.1) is 0 Å². The molecule has 0 spiro atoms. The molecule has 0 aromatic heterocycles. The molecule has 2 fully saturated rings. The summed E-state index contributed by atoms with van der Waals surface area (Å²) in [6.07, 6.45) is 6.14. The van der Waals surface area contributed by atoms with Crippen LogP contribution in [0.2, 0.25) is 0 Å². The normalized spacial score (nSPS) is 18.6. The van der Waals surface area contributed by atoms with Gasteiger partial charge in [-0.05, 0) is 50.2 Å². The number of amides is 1. The number of rotatable bonds is 5. The molecule has 0 atom stereocenters. The van der Waals surface area contributed by atoms with Crippen LogP contribution in [-0.4, -0.2) is 42.9 Å². The lowest BCUT2D eigenvalue weighted by atomic mass is 10.1. The molecule has 0 unspecified atom stereocenters. The summed E-state index contributed by atoms with van der Waals surface area (Å²) < 4.78 is 0. The summed E-state index contributed by atoms with van der Waals surface area (Å²) in [7, 11) is 0. The molecule has 1 saturated carbocycles. The highest BCUT2D eigenvalue weighted by molar-refractivity contribution is 5.95. The van der Waals surface area contributed by atoms with Gasteiger partial charge in [0.25, 0.3) is 0 Å². The first-order chi connectivity index (χ1) is 11.3. The molecule has 0 bridgehead atoms. The molecule has 124 valence electrons. The Morgan fingerprint density at radius 1 is 1.13 bits per heavy atom. The van der Waals surface area contributed by atoms with Crippen LogP contribution in [0, 0.1) is 5.92 Å². The minimum Gasteiger partial charge on any atom is -0.354 e. The largest absolute Gasteiger partial charge is 0.354 e. The van der Waals surface area contributed by atoms with E-state index in [1.54, 1.807) is 0 Å². The fourth-order valence-electron chi connectivity index (χ4n) is 2.76. The molecule has 5 nitrogen and oxygen atoms in total. The van der Waals surface area contributed by atoms with E-state index in [1.165, 1.54) is 32.1 Å². The van der Waals surface area contributed by atoms with Crippen LogP contribution in [0.25, 0.3) is 0 Å². The van der Waals surface area contributed by atoms with Crippen LogP contribution in [-0.2, 0) is 4.79 Å². The monoisotopic (exact) mass is 314 g/mol. The van der Waals surface area contributed by atoms with Crippen molar-refractivity contribution >= 4 is 17.6 Å². The number of hydrogen-bond donors (Lipinski definition) is 2. The van der Waals surface area contributed by atoms with Gasteiger partial charge in [0.15, 0.2) is 5.96 Å². The molecule has 2 aliphatic rings. The molecule has 1 amide bonds. The van der Waals surface area contributed by atoms with Gasteiger partial charge in [-0.2, -0.15) is 0 Å². The quantitative estimate of drug-likeness (QED) is 0.648. The summed E-state index contributed by atoms with van der Waals surface area (Å²) in [4.78, 5) is 18.8. The predicted molar refractivity (Wildman–Crippen MR) is 93.5 cm³/mol. The van der Waals surface area contributed by atoms with Gasteiger partial charge in [-0.15, -0.1) is 0 Å². The van der Waals surface area contributed by atoms with Crippen molar-refractivity contribution in [2.24, 2.45) is 10.9 Å². The van der Waals surface area contributed by atoms with E-state index >= 15 is 0 Å². The smallest absolute Gasteiger partial charge is 0.241 e. The molecule has 1 heterocycles. The second-order valence-electron chi connectivity index (χ2n) is 6.43. The van der Waals surface area contributed by atoms with Crippen molar-refractivity contribution in [3.63, 3.8) is 0 Å². The topological polar surface area (TPSA) is 56.7 Å². The summed E-state index contributed by atoms with van der Waals surface area (Å²) in [5, 5.41) is 6.35. The van der Waals surface area contributed by atoms with E-state index < -0.39 is 0 Å². The maximum atomic E-state index is 12.0. The highest BCUT2D eigenvalue weighted by Gasteiger charge is 2.21. The molecule has 1 aromatic rings. The van der Waals surface area contributed by atoms with Crippen molar-refractivity contribution in [3.8, 4) is 0 Å². The SMILES string of the molecule is O=C(CN=C(Nc1ccccc1)N1CCCCC1)NCC1CC1. The number of carbonyl (C=O) groups excluding carboxylic acids is 1. The highest BCUT2D eigenvalue weighted by Crippen LogP contribution is 2.27. The number of likely N-dealkylation sites (tertiary alicyclic amines) is 1. The van der Waals surface area contributed by atoms with E-state index in [9.17, 15) is 4.79 Å². The zero-order valence-corrected chi connectivity index (χ0v) is 13.6. The molecule has 2 N–H and O–H groups in total. The average Bonchev–Trinajstić information content (AvgIpc) is 3.43. The molecule has 1 aromatic carbocycles. The van der Waals surface area contributed by atoms with Gasteiger partial charge in [-0.25, -0.2) is 4.99 Å². The fraction of sp³-hybridized carbons (Fsp3) is 0.556. The molecule has 5 heteroatoms. The van der Waals surface area contributed by atoms with Gasteiger partial charge in [0.1, 0.15) is 6.54 Å². The Kier molecular flexibility index (Phi) is 5.51. The Hall–Kier alpha value is -2.04.